The molecule has 0 N–H and O–H groups in total. The van der Waals surface area contributed by atoms with Crippen LogP contribution < -0.4 is 4.74 Å². The molecule has 3 heteroatoms. The van der Waals surface area contributed by atoms with Crippen molar-refractivity contribution in [3.63, 3.8) is 0 Å². The largest absolute Gasteiger partial charge is 0.494 e. The topological polar surface area (TPSA) is 9.23 Å². The standard InChI is InChI=1S/C17H16F2O/c1-3-4-5-12-6-8-13(9-7-12)14-10-11-15(20-2)17(19)16(14)18/h3-4,6-11H,5H2,1-2H3. The summed E-state index contributed by atoms with van der Waals surface area (Å²) in [7, 11) is 1.31. The SMILES string of the molecule is CC=CCc1ccc(-c2ccc(OC)c(F)c2F)cc1. The zero-order valence-electron chi connectivity index (χ0n) is 11.5. The first-order valence-corrected chi connectivity index (χ1v) is 6.39. The molecule has 0 radical (unpaired) electrons. The Morgan fingerprint density at radius 2 is 1.70 bits per heavy atom. The second-order valence-electron chi connectivity index (χ2n) is 4.41. The molecule has 0 atom stereocenters. The van der Waals surface area contributed by atoms with Crippen molar-refractivity contribution in [3.05, 3.63) is 65.7 Å². The maximum atomic E-state index is 14.0. The molecule has 0 unspecified atom stereocenters. The lowest BCUT2D eigenvalue weighted by Gasteiger charge is -2.08. The van der Waals surface area contributed by atoms with Crippen LogP contribution in [0.5, 0.6) is 5.75 Å². The number of ether oxygens (including phenoxy) is 1. The maximum absolute atomic E-state index is 14.0. The number of rotatable bonds is 4. The summed E-state index contributed by atoms with van der Waals surface area (Å²) in [6.45, 7) is 1.96. The zero-order chi connectivity index (χ0) is 14.5. The van der Waals surface area contributed by atoms with Crippen molar-refractivity contribution >= 4 is 0 Å². The number of methoxy groups -OCH3 is 1. The van der Waals surface area contributed by atoms with E-state index in [1.807, 2.05) is 31.2 Å². The van der Waals surface area contributed by atoms with Gasteiger partial charge in [0.15, 0.2) is 11.6 Å². The van der Waals surface area contributed by atoms with E-state index in [1.54, 1.807) is 12.1 Å². The van der Waals surface area contributed by atoms with E-state index in [0.717, 1.165) is 12.0 Å². The molecular weight excluding hydrogens is 258 g/mol. The Kier molecular flexibility index (Phi) is 4.51. The smallest absolute Gasteiger partial charge is 0.201 e. The summed E-state index contributed by atoms with van der Waals surface area (Å²) in [6.07, 6.45) is 4.85. The van der Waals surface area contributed by atoms with E-state index in [-0.39, 0.29) is 11.3 Å². The van der Waals surface area contributed by atoms with Crippen molar-refractivity contribution in [1.29, 1.82) is 0 Å². The Balaban J connectivity index is 2.34. The number of benzene rings is 2. The van der Waals surface area contributed by atoms with Gasteiger partial charge < -0.3 is 4.74 Å². The fourth-order valence-electron chi connectivity index (χ4n) is 1.99. The summed E-state index contributed by atoms with van der Waals surface area (Å²) in [4.78, 5) is 0. The quantitative estimate of drug-likeness (QED) is 0.730. The maximum Gasteiger partial charge on any atom is 0.201 e. The van der Waals surface area contributed by atoms with Gasteiger partial charge in [-0.1, -0.05) is 36.4 Å². The van der Waals surface area contributed by atoms with E-state index in [2.05, 4.69) is 0 Å². The second-order valence-corrected chi connectivity index (χ2v) is 4.41. The monoisotopic (exact) mass is 274 g/mol. The summed E-state index contributed by atoms with van der Waals surface area (Å²) in [5.74, 6) is -1.93. The number of halogens is 2. The minimum absolute atomic E-state index is 0.0871. The third-order valence-electron chi connectivity index (χ3n) is 3.12. The molecule has 0 saturated carbocycles. The molecule has 0 aliphatic heterocycles. The fourth-order valence-corrected chi connectivity index (χ4v) is 1.99. The first-order valence-electron chi connectivity index (χ1n) is 6.39. The number of allylic oxidation sites excluding steroid dienone is 2. The molecule has 1 nitrogen and oxygen atoms in total. The van der Waals surface area contributed by atoms with E-state index in [1.165, 1.54) is 19.2 Å². The van der Waals surface area contributed by atoms with Crippen LogP contribution in [0.15, 0.2) is 48.6 Å². The van der Waals surface area contributed by atoms with Crippen LogP contribution in [0.3, 0.4) is 0 Å². The lowest BCUT2D eigenvalue weighted by Crippen LogP contribution is -1.95. The van der Waals surface area contributed by atoms with Gasteiger partial charge in [-0.2, -0.15) is 4.39 Å². The molecule has 0 bridgehead atoms. The Hall–Kier alpha value is -2.16. The minimum Gasteiger partial charge on any atom is -0.494 e. The molecule has 0 fully saturated rings. The van der Waals surface area contributed by atoms with Gasteiger partial charge in [0.25, 0.3) is 0 Å². The van der Waals surface area contributed by atoms with Crippen molar-refractivity contribution in [3.8, 4) is 16.9 Å². The molecule has 0 amide bonds. The highest BCUT2D eigenvalue weighted by Crippen LogP contribution is 2.29. The van der Waals surface area contributed by atoms with Crippen molar-refractivity contribution in [1.82, 2.24) is 0 Å². The molecule has 0 saturated heterocycles. The van der Waals surface area contributed by atoms with Gasteiger partial charge in [-0.05, 0) is 36.6 Å². The first-order chi connectivity index (χ1) is 9.67. The Labute approximate surface area is 117 Å². The molecule has 20 heavy (non-hydrogen) atoms. The van der Waals surface area contributed by atoms with Crippen LogP contribution in [0.25, 0.3) is 11.1 Å². The van der Waals surface area contributed by atoms with Gasteiger partial charge >= 0.3 is 0 Å². The third-order valence-corrected chi connectivity index (χ3v) is 3.12. The highest BCUT2D eigenvalue weighted by molar-refractivity contribution is 5.65. The predicted molar refractivity (Wildman–Crippen MR) is 76.9 cm³/mol. The molecule has 0 aromatic heterocycles. The third kappa shape index (κ3) is 2.87. The Morgan fingerprint density at radius 3 is 2.30 bits per heavy atom. The summed E-state index contributed by atoms with van der Waals surface area (Å²) in [5.41, 5.74) is 2.01. The lowest BCUT2D eigenvalue weighted by molar-refractivity contribution is 0.372. The molecule has 0 heterocycles. The van der Waals surface area contributed by atoms with Crippen LogP contribution in [-0.2, 0) is 6.42 Å². The van der Waals surface area contributed by atoms with E-state index in [4.69, 9.17) is 4.74 Å². The van der Waals surface area contributed by atoms with Gasteiger partial charge in [-0.3, -0.25) is 0 Å². The summed E-state index contributed by atoms with van der Waals surface area (Å²) < 4.78 is 32.4. The van der Waals surface area contributed by atoms with E-state index in [0.29, 0.717) is 5.56 Å². The Bertz CT molecular complexity index is 616. The summed E-state index contributed by atoms with van der Waals surface area (Å²) in [5, 5.41) is 0. The molecule has 2 aromatic carbocycles. The van der Waals surface area contributed by atoms with Crippen LogP contribution in [0.2, 0.25) is 0 Å². The highest BCUT2D eigenvalue weighted by atomic mass is 19.2. The van der Waals surface area contributed by atoms with Crippen molar-refractivity contribution in [2.24, 2.45) is 0 Å². The molecule has 0 aliphatic rings. The molecule has 0 spiro atoms. The average molecular weight is 274 g/mol. The number of hydrogen-bond acceptors (Lipinski definition) is 1. The minimum atomic E-state index is -0.956. The molecule has 104 valence electrons. The van der Waals surface area contributed by atoms with Crippen LogP contribution in [0.1, 0.15) is 12.5 Å². The van der Waals surface area contributed by atoms with Crippen molar-refractivity contribution in [2.75, 3.05) is 7.11 Å². The van der Waals surface area contributed by atoms with E-state index < -0.39 is 11.6 Å². The number of hydrogen-bond donors (Lipinski definition) is 0. The second kappa shape index (κ2) is 6.33. The van der Waals surface area contributed by atoms with Gasteiger partial charge in [0.2, 0.25) is 5.82 Å². The van der Waals surface area contributed by atoms with Crippen molar-refractivity contribution in [2.45, 2.75) is 13.3 Å². The van der Waals surface area contributed by atoms with Gasteiger partial charge in [0, 0.05) is 5.56 Å². The Morgan fingerprint density at radius 1 is 1.00 bits per heavy atom. The normalized spacial score (nSPS) is 11.0. The summed E-state index contributed by atoms with van der Waals surface area (Å²) in [6, 6.07) is 10.4. The van der Waals surface area contributed by atoms with Gasteiger partial charge in [-0.15, -0.1) is 0 Å². The lowest BCUT2D eigenvalue weighted by atomic mass is 10.0. The molecule has 2 rings (SSSR count). The van der Waals surface area contributed by atoms with Crippen LogP contribution in [0.4, 0.5) is 8.78 Å². The van der Waals surface area contributed by atoms with Crippen molar-refractivity contribution < 1.29 is 13.5 Å². The van der Waals surface area contributed by atoms with Crippen LogP contribution >= 0.6 is 0 Å². The van der Waals surface area contributed by atoms with Gasteiger partial charge in [-0.25, -0.2) is 4.39 Å². The highest BCUT2D eigenvalue weighted by Gasteiger charge is 2.14. The zero-order valence-corrected chi connectivity index (χ0v) is 11.5. The van der Waals surface area contributed by atoms with Crippen LogP contribution in [0, 0.1) is 11.6 Å². The fraction of sp³-hybridized carbons (Fsp3) is 0.176. The van der Waals surface area contributed by atoms with E-state index >= 15 is 0 Å². The molecule has 2 aromatic rings. The van der Waals surface area contributed by atoms with Gasteiger partial charge in [0.05, 0.1) is 7.11 Å². The van der Waals surface area contributed by atoms with Gasteiger partial charge in [0.1, 0.15) is 0 Å². The average Bonchev–Trinajstić information content (AvgIpc) is 2.48. The van der Waals surface area contributed by atoms with Crippen LogP contribution in [-0.4, -0.2) is 7.11 Å². The first kappa shape index (κ1) is 14.3. The van der Waals surface area contributed by atoms with E-state index in [9.17, 15) is 8.78 Å². The molecule has 0 aliphatic carbocycles. The predicted octanol–water partition coefficient (Wildman–Crippen LogP) is 4.76. The summed E-state index contributed by atoms with van der Waals surface area (Å²) >= 11 is 0. The molecular formula is C17H16F2O.